The van der Waals surface area contributed by atoms with Crippen LogP contribution in [0.2, 0.25) is 0 Å². The molecule has 0 radical (unpaired) electrons. The molecule has 0 aromatic carbocycles. The maximum absolute atomic E-state index is 12.0. The normalized spacial score (nSPS) is 14.1. The molecule has 102 valence electrons. The number of hydrogen-bond acceptors (Lipinski definition) is 3. The summed E-state index contributed by atoms with van der Waals surface area (Å²) in [7, 11) is 0. The highest BCUT2D eigenvalue weighted by Gasteiger charge is 2.30. The second-order valence-corrected chi connectivity index (χ2v) is 5.53. The number of ketones is 1. The fraction of sp³-hybridized carbons (Fsp3) is 0.929. The number of aliphatic hydroxyl groups excluding tert-OH is 1. The van der Waals surface area contributed by atoms with Crippen molar-refractivity contribution in [1.29, 1.82) is 0 Å². The van der Waals surface area contributed by atoms with Crippen LogP contribution in [-0.4, -0.2) is 29.2 Å². The van der Waals surface area contributed by atoms with Gasteiger partial charge in [0.15, 0.2) is 5.78 Å². The van der Waals surface area contributed by atoms with E-state index in [-0.39, 0.29) is 18.5 Å². The highest BCUT2D eigenvalue weighted by molar-refractivity contribution is 5.86. The zero-order valence-electron chi connectivity index (χ0n) is 12.0. The molecule has 0 spiro atoms. The maximum Gasteiger partial charge on any atom is 0.164 e. The predicted octanol–water partition coefficient (Wildman–Crippen LogP) is 2.95. The molecule has 1 atom stereocenters. The van der Waals surface area contributed by atoms with Crippen molar-refractivity contribution in [2.75, 3.05) is 6.61 Å². The highest BCUT2D eigenvalue weighted by atomic mass is 16.5. The Morgan fingerprint density at radius 3 is 2.24 bits per heavy atom. The van der Waals surface area contributed by atoms with Crippen LogP contribution in [0.1, 0.15) is 60.3 Å². The third-order valence-electron chi connectivity index (χ3n) is 3.15. The van der Waals surface area contributed by atoms with E-state index in [9.17, 15) is 4.79 Å². The molecule has 0 heterocycles. The lowest BCUT2D eigenvalue weighted by Gasteiger charge is -2.29. The quantitative estimate of drug-likeness (QED) is 0.634. The Balaban J connectivity index is 4.06. The van der Waals surface area contributed by atoms with Crippen LogP contribution < -0.4 is 0 Å². The molecule has 1 unspecified atom stereocenters. The second kappa shape index (κ2) is 7.83. The summed E-state index contributed by atoms with van der Waals surface area (Å²) in [6.45, 7) is 10.1. The molecule has 17 heavy (non-hydrogen) atoms. The molecule has 0 rings (SSSR count). The third kappa shape index (κ3) is 6.79. The first kappa shape index (κ1) is 16.6. The first-order chi connectivity index (χ1) is 7.81. The van der Waals surface area contributed by atoms with E-state index in [1.165, 1.54) is 0 Å². The van der Waals surface area contributed by atoms with Crippen molar-refractivity contribution in [2.45, 2.75) is 72.0 Å². The van der Waals surface area contributed by atoms with Gasteiger partial charge in [0.25, 0.3) is 0 Å². The van der Waals surface area contributed by atoms with Crippen LogP contribution in [0.25, 0.3) is 0 Å². The minimum Gasteiger partial charge on any atom is -0.396 e. The van der Waals surface area contributed by atoms with E-state index in [1.807, 2.05) is 20.8 Å². The van der Waals surface area contributed by atoms with Crippen molar-refractivity contribution >= 4 is 5.78 Å². The molecule has 3 nitrogen and oxygen atoms in total. The monoisotopic (exact) mass is 244 g/mol. The van der Waals surface area contributed by atoms with Crippen molar-refractivity contribution in [3.63, 3.8) is 0 Å². The molecule has 0 aliphatic heterocycles. The Morgan fingerprint density at radius 1 is 1.18 bits per heavy atom. The zero-order chi connectivity index (χ0) is 13.5. The molecule has 0 saturated heterocycles. The topological polar surface area (TPSA) is 46.5 Å². The van der Waals surface area contributed by atoms with E-state index < -0.39 is 5.60 Å². The van der Waals surface area contributed by atoms with Gasteiger partial charge >= 0.3 is 0 Å². The van der Waals surface area contributed by atoms with E-state index in [0.29, 0.717) is 12.3 Å². The Kier molecular flexibility index (Phi) is 7.64. The smallest absolute Gasteiger partial charge is 0.164 e. The average molecular weight is 244 g/mol. The first-order valence-corrected chi connectivity index (χ1v) is 6.63. The summed E-state index contributed by atoms with van der Waals surface area (Å²) in [6, 6.07) is 0. The lowest BCUT2D eigenvalue weighted by Crippen LogP contribution is -2.39. The van der Waals surface area contributed by atoms with Crippen molar-refractivity contribution in [3.05, 3.63) is 0 Å². The maximum atomic E-state index is 12.0. The number of ether oxygens (including phenoxy) is 1. The predicted molar refractivity (Wildman–Crippen MR) is 70.0 cm³/mol. The molecule has 1 N–H and O–H groups in total. The summed E-state index contributed by atoms with van der Waals surface area (Å²) in [5.41, 5.74) is -0.692. The third-order valence-corrected chi connectivity index (χ3v) is 3.15. The van der Waals surface area contributed by atoms with Crippen LogP contribution in [0.3, 0.4) is 0 Å². The molecule has 0 aromatic heterocycles. The van der Waals surface area contributed by atoms with E-state index in [1.54, 1.807) is 0 Å². The SMILES string of the molecule is CC(C)C(C)OC(C)(C)C(=O)CCCCCO. The zero-order valence-corrected chi connectivity index (χ0v) is 12.0. The standard InChI is InChI=1S/C14H28O3/c1-11(2)12(3)17-14(4,5)13(16)9-7-6-8-10-15/h11-12,15H,6-10H2,1-5H3. The Bertz CT molecular complexity index is 222. The summed E-state index contributed by atoms with van der Waals surface area (Å²) < 4.78 is 5.82. The minimum absolute atomic E-state index is 0.0893. The van der Waals surface area contributed by atoms with E-state index in [2.05, 4.69) is 13.8 Å². The number of hydrogen-bond donors (Lipinski definition) is 1. The van der Waals surface area contributed by atoms with Crippen LogP contribution in [0.4, 0.5) is 0 Å². The number of carbonyl (C=O) groups excluding carboxylic acids is 1. The lowest BCUT2D eigenvalue weighted by molar-refractivity contribution is -0.149. The van der Waals surface area contributed by atoms with E-state index >= 15 is 0 Å². The summed E-state index contributed by atoms with van der Waals surface area (Å²) in [4.78, 5) is 12.0. The van der Waals surface area contributed by atoms with Crippen molar-refractivity contribution in [3.8, 4) is 0 Å². The van der Waals surface area contributed by atoms with Gasteiger partial charge in [-0.1, -0.05) is 20.3 Å². The van der Waals surface area contributed by atoms with Crippen molar-refractivity contribution < 1.29 is 14.6 Å². The summed E-state index contributed by atoms with van der Waals surface area (Å²) in [6.07, 6.45) is 3.14. The van der Waals surface area contributed by atoms with Gasteiger partial charge in [0, 0.05) is 13.0 Å². The summed E-state index contributed by atoms with van der Waals surface area (Å²) >= 11 is 0. The fourth-order valence-electron chi connectivity index (χ4n) is 1.54. The van der Waals surface area contributed by atoms with Crippen LogP contribution >= 0.6 is 0 Å². The molecular weight excluding hydrogens is 216 g/mol. The molecule has 0 aliphatic rings. The molecule has 0 amide bonds. The lowest BCUT2D eigenvalue weighted by atomic mass is 9.97. The number of unbranched alkanes of at least 4 members (excludes halogenated alkanes) is 2. The summed E-state index contributed by atoms with van der Waals surface area (Å²) in [5, 5.41) is 8.66. The van der Waals surface area contributed by atoms with Gasteiger partial charge < -0.3 is 9.84 Å². The van der Waals surface area contributed by atoms with Crippen LogP contribution in [-0.2, 0) is 9.53 Å². The summed E-state index contributed by atoms with van der Waals surface area (Å²) in [5.74, 6) is 0.569. The molecular formula is C14H28O3. The molecule has 3 heteroatoms. The van der Waals surface area contributed by atoms with Gasteiger partial charge in [-0.15, -0.1) is 0 Å². The number of rotatable bonds is 9. The average Bonchev–Trinajstić information content (AvgIpc) is 2.23. The molecule has 0 aromatic rings. The molecule has 0 bridgehead atoms. The Hall–Kier alpha value is -0.410. The Morgan fingerprint density at radius 2 is 1.76 bits per heavy atom. The second-order valence-electron chi connectivity index (χ2n) is 5.53. The Labute approximate surface area is 106 Å². The van der Waals surface area contributed by atoms with Gasteiger partial charge in [-0.05, 0) is 39.5 Å². The van der Waals surface area contributed by atoms with Crippen LogP contribution in [0.15, 0.2) is 0 Å². The minimum atomic E-state index is -0.692. The number of Topliss-reactive ketones (excluding diaryl/α,β-unsaturated/α-hetero) is 1. The molecule has 0 saturated carbocycles. The van der Waals surface area contributed by atoms with Crippen molar-refractivity contribution in [2.24, 2.45) is 5.92 Å². The van der Waals surface area contributed by atoms with Gasteiger partial charge in [-0.25, -0.2) is 0 Å². The largest absolute Gasteiger partial charge is 0.396 e. The number of carbonyl (C=O) groups is 1. The van der Waals surface area contributed by atoms with Gasteiger partial charge in [0.2, 0.25) is 0 Å². The van der Waals surface area contributed by atoms with Crippen LogP contribution in [0, 0.1) is 5.92 Å². The number of aliphatic hydroxyl groups is 1. The van der Waals surface area contributed by atoms with Crippen LogP contribution in [0.5, 0.6) is 0 Å². The first-order valence-electron chi connectivity index (χ1n) is 6.63. The highest BCUT2D eigenvalue weighted by Crippen LogP contribution is 2.20. The van der Waals surface area contributed by atoms with Crippen molar-refractivity contribution in [1.82, 2.24) is 0 Å². The fourth-order valence-corrected chi connectivity index (χ4v) is 1.54. The van der Waals surface area contributed by atoms with Gasteiger partial charge in [0.05, 0.1) is 6.10 Å². The van der Waals surface area contributed by atoms with Gasteiger partial charge in [-0.2, -0.15) is 0 Å². The van der Waals surface area contributed by atoms with Gasteiger partial charge in [-0.3, -0.25) is 4.79 Å². The van der Waals surface area contributed by atoms with E-state index in [0.717, 1.165) is 19.3 Å². The van der Waals surface area contributed by atoms with Gasteiger partial charge in [0.1, 0.15) is 5.60 Å². The van der Waals surface area contributed by atoms with E-state index in [4.69, 9.17) is 9.84 Å². The molecule has 0 aliphatic carbocycles. The molecule has 0 fully saturated rings.